The summed E-state index contributed by atoms with van der Waals surface area (Å²) < 4.78 is 1.01. The van der Waals surface area contributed by atoms with E-state index in [1.807, 2.05) is 24.3 Å². The molecule has 0 aromatic heterocycles. The largest absolute Gasteiger partial charge is 0.312 e. The molecule has 1 N–H and O–H groups in total. The SMILES string of the molecule is Clc1cc(Br)ccc1CNCCc1ccccc1. The van der Waals surface area contributed by atoms with Crippen molar-refractivity contribution in [3.63, 3.8) is 0 Å². The minimum atomic E-state index is 0.802. The van der Waals surface area contributed by atoms with Gasteiger partial charge in [-0.1, -0.05) is 63.9 Å². The van der Waals surface area contributed by atoms with E-state index < -0.39 is 0 Å². The number of hydrogen-bond acceptors (Lipinski definition) is 1. The molecule has 0 bridgehead atoms. The van der Waals surface area contributed by atoms with Gasteiger partial charge in [0.05, 0.1) is 0 Å². The molecule has 18 heavy (non-hydrogen) atoms. The third kappa shape index (κ3) is 4.13. The van der Waals surface area contributed by atoms with Gasteiger partial charge in [-0.3, -0.25) is 0 Å². The van der Waals surface area contributed by atoms with Crippen molar-refractivity contribution in [2.24, 2.45) is 0 Å². The van der Waals surface area contributed by atoms with Gasteiger partial charge in [0, 0.05) is 16.0 Å². The first-order chi connectivity index (χ1) is 8.75. The fraction of sp³-hybridized carbons (Fsp3) is 0.200. The predicted molar refractivity (Wildman–Crippen MR) is 81.0 cm³/mol. The van der Waals surface area contributed by atoms with Gasteiger partial charge in [0.1, 0.15) is 0 Å². The lowest BCUT2D eigenvalue weighted by Crippen LogP contribution is -2.16. The Kier molecular flexibility index (Phi) is 5.24. The molecular formula is C15H15BrClN. The van der Waals surface area contributed by atoms with Crippen molar-refractivity contribution in [2.75, 3.05) is 6.54 Å². The zero-order chi connectivity index (χ0) is 12.8. The number of nitrogens with one attached hydrogen (secondary N) is 1. The summed E-state index contributed by atoms with van der Waals surface area (Å²) in [6.07, 6.45) is 1.04. The van der Waals surface area contributed by atoms with Crippen molar-refractivity contribution in [3.8, 4) is 0 Å². The second-order valence-corrected chi connectivity index (χ2v) is 5.47. The topological polar surface area (TPSA) is 12.0 Å². The number of rotatable bonds is 5. The number of hydrogen-bond donors (Lipinski definition) is 1. The van der Waals surface area contributed by atoms with Gasteiger partial charge in [0.15, 0.2) is 0 Å². The van der Waals surface area contributed by atoms with Crippen molar-refractivity contribution in [2.45, 2.75) is 13.0 Å². The maximum atomic E-state index is 6.16. The molecular weight excluding hydrogens is 310 g/mol. The van der Waals surface area contributed by atoms with Crippen molar-refractivity contribution in [1.82, 2.24) is 5.32 Å². The molecule has 0 fully saturated rings. The van der Waals surface area contributed by atoms with Crippen molar-refractivity contribution in [1.29, 1.82) is 0 Å². The van der Waals surface area contributed by atoms with E-state index in [1.165, 1.54) is 5.56 Å². The second-order valence-electron chi connectivity index (χ2n) is 4.15. The quantitative estimate of drug-likeness (QED) is 0.802. The summed E-state index contributed by atoms with van der Waals surface area (Å²) in [5.41, 5.74) is 2.49. The second kappa shape index (κ2) is 6.93. The first kappa shape index (κ1) is 13.6. The Labute approximate surface area is 121 Å². The summed E-state index contributed by atoms with van der Waals surface area (Å²) in [5, 5.41) is 4.21. The molecule has 0 atom stereocenters. The molecule has 2 aromatic rings. The summed E-state index contributed by atoms with van der Waals surface area (Å²) >= 11 is 9.56. The monoisotopic (exact) mass is 323 g/mol. The van der Waals surface area contributed by atoms with Crippen molar-refractivity contribution < 1.29 is 0 Å². The van der Waals surface area contributed by atoms with Crippen LogP contribution in [0.25, 0.3) is 0 Å². The molecule has 94 valence electrons. The smallest absolute Gasteiger partial charge is 0.0462 e. The number of benzene rings is 2. The minimum Gasteiger partial charge on any atom is -0.312 e. The fourth-order valence-corrected chi connectivity index (χ4v) is 2.51. The highest BCUT2D eigenvalue weighted by Gasteiger charge is 2.00. The highest BCUT2D eigenvalue weighted by Crippen LogP contribution is 2.21. The van der Waals surface area contributed by atoms with E-state index in [4.69, 9.17) is 11.6 Å². The van der Waals surface area contributed by atoms with Gasteiger partial charge in [0.25, 0.3) is 0 Å². The van der Waals surface area contributed by atoms with Crippen LogP contribution in [-0.2, 0) is 13.0 Å². The molecule has 2 aromatic carbocycles. The Hall–Kier alpha value is -0.830. The lowest BCUT2D eigenvalue weighted by Gasteiger charge is -2.07. The molecule has 0 unspecified atom stereocenters. The lowest BCUT2D eigenvalue weighted by molar-refractivity contribution is 0.687. The van der Waals surface area contributed by atoms with Crippen LogP contribution in [0, 0.1) is 0 Å². The molecule has 0 aliphatic heterocycles. The van der Waals surface area contributed by atoms with E-state index in [-0.39, 0.29) is 0 Å². The van der Waals surface area contributed by atoms with E-state index in [2.05, 4.69) is 45.5 Å². The Bertz CT molecular complexity index is 499. The first-order valence-electron chi connectivity index (χ1n) is 5.94. The molecule has 2 rings (SSSR count). The zero-order valence-corrected chi connectivity index (χ0v) is 12.3. The summed E-state index contributed by atoms with van der Waals surface area (Å²) in [6, 6.07) is 16.5. The van der Waals surface area contributed by atoms with E-state index in [0.717, 1.165) is 34.6 Å². The third-order valence-electron chi connectivity index (χ3n) is 2.76. The Balaban J connectivity index is 1.79. The molecule has 3 heteroatoms. The fourth-order valence-electron chi connectivity index (χ4n) is 1.77. The molecule has 0 saturated carbocycles. The molecule has 0 aliphatic rings. The number of halogens is 2. The zero-order valence-electron chi connectivity index (χ0n) is 10.00. The molecule has 0 heterocycles. The van der Waals surface area contributed by atoms with E-state index in [9.17, 15) is 0 Å². The van der Waals surface area contributed by atoms with Gasteiger partial charge < -0.3 is 5.32 Å². The van der Waals surface area contributed by atoms with Gasteiger partial charge in [0.2, 0.25) is 0 Å². The van der Waals surface area contributed by atoms with Crippen LogP contribution in [0.5, 0.6) is 0 Å². The van der Waals surface area contributed by atoms with Crippen molar-refractivity contribution >= 4 is 27.5 Å². The van der Waals surface area contributed by atoms with Crippen molar-refractivity contribution in [3.05, 3.63) is 69.2 Å². The average molecular weight is 325 g/mol. The van der Waals surface area contributed by atoms with Crippen LogP contribution in [0.1, 0.15) is 11.1 Å². The van der Waals surface area contributed by atoms with Gasteiger partial charge in [-0.05, 0) is 36.2 Å². The predicted octanol–water partition coefficient (Wildman–Crippen LogP) is 4.43. The van der Waals surface area contributed by atoms with Gasteiger partial charge in [-0.2, -0.15) is 0 Å². The molecule has 0 amide bonds. The molecule has 0 spiro atoms. The van der Waals surface area contributed by atoms with Crippen LogP contribution in [0.2, 0.25) is 5.02 Å². The molecule has 0 aliphatic carbocycles. The van der Waals surface area contributed by atoms with Crippen LogP contribution < -0.4 is 5.32 Å². The lowest BCUT2D eigenvalue weighted by atomic mass is 10.1. The Morgan fingerprint density at radius 1 is 1.06 bits per heavy atom. The minimum absolute atomic E-state index is 0.802. The van der Waals surface area contributed by atoms with Crippen LogP contribution >= 0.6 is 27.5 Å². The van der Waals surface area contributed by atoms with Crippen LogP contribution in [-0.4, -0.2) is 6.54 Å². The van der Waals surface area contributed by atoms with Gasteiger partial charge >= 0.3 is 0 Å². The maximum Gasteiger partial charge on any atom is 0.0462 e. The average Bonchev–Trinajstić information content (AvgIpc) is 2.38. The highest BCUT2D eigenvalue weighted by molar-refractivity contribution is 9.10. The summed E-state index contributed by atoms with van der Waals surface area (Å²) in [4.78, 5) is 0. The van der Waals surface area contributed by atoms with Crippen LogP contribution in [0.15, 0.2) is 53.0 Å². The first-order valence-corrected chi connectivity index (χ1v) is 7.11. The van der Waals surface area contributed by atoms with Crippen LogP contribution in [0.3, 0.4) is 0 Å². The molecule has 0 radical (unpaired) electrons. The highest BCUT2D eigenvalue weighted by atomic mass is 79.9. The third-order valence-corrected chi connectivity index (χ3v) is 3.61. The summed E-state index contributed by atoms with van der Waals surface area (Å²) in [5.74, 6) is 0. The van der Waals surface area contributed by atoms with Gasteiger partial charge in [-0.25, -0.2) is 0 Å². The van der Waals surface area contributed by atoms with Gasteiger partial charge in [-0.15, -0.1) is 0 Å². The normalized spacial score (nSPS) is 10.6. The van der Waals surface area contributed by atoms with E-state index in [1.54, 1.807) is 0 Å². The van der Waals surface area contributed by atoms with E-state index >= 15 is 0 Å². The van der Waals surface area contributed by atoms with Crippen LogP contribution in [0.4, 0.5) is 0 Å². The maximum absolute atomic E-state index is 6.16. The Morgan fingerprint density at radius 3 is 2.56 bits per heavy atom. The molecule has 0 saturated heterocycles. The standard InChI is InChI=1S/C15H15BrClN/c16-14-7-6-13(15(17)10-14)11-18-9-8-12-4-2-1-3-5-12/h1-7,10,18H,8-9,11H2. The molecule has 1 nitrogen and oxygen atoms in total. The summed E-state index contributed by atoms with van der Waals surface area (Å²) in [6.45, 7) is 1.76. The summed E-state index contributed by atoms with van der Waals surface area (Å²) in [7, 11) is 0. The van der Waals surface area contributed by atoms with E-state index in [0.29, 0.717) is 0 Å². The Morgan fingerprint density at radius 2 is 1.83 bits per heavy atom.